The summed E-state index contributed by atoms with van der Waals surface area (Å²) < 4.78 is 7.53. The monoisotopic (exact) mass is 480 g/mol. The van der Waals surface area contributed by atoms with Crippen molar-refractivity contribution < 1.29 is 9.21 Å². The van der Waals surface area contributed by atoms with E-state index < -0.39 is 0 Å². The Balaban J connectivity index is 1.55. The molecule has 6 nitrogen and oxygen atoms in total. The van der Waals surface area contributed by atoms with Crippen molar-refractivity contribution in [3.8, 4) is 11.4 Å². The Labute approximate surface area is 202 Å². The number of hydrogen-bond acceptors (Lipinski definition) is 5. The van der Waals surface area contributed by atoms with Gasteiger partial charge >= 0.3 is 0 Å². The van der Waals surface area contributed by atoms with Crippen molar-refractivity contribution in [1.82, 2.24) is 14.8 Å². The zero-order valence-electron chi connectivity index (χ0n) is 18.7. The van der Waals surface area contributed by atoms with E-state index in [1.165, 1.54) is 17.3 Å². The highest BCUT2D eigenvalue weighted by molar-refractivity contribution is 7.99. The van der Waals surface area contributed by atoms with E-state index in [-0.39, 0.29) is 17.1 Å². The molecular weight excluding hydrogens is 456 g/mol. The van der Waals surface area contributed by atoms with Gasteiger partial charge in [-0.25, -0.2) is 0 Å². The molecule has 0 unspecified atom stereocenters. The second-order valence-corrected chi connectivity index (χ2v) is 10.0. The number of benzene rings is 2. The van der Waals surface area contributed by atoms with Gasteiger partial charge in [-0.15, -0.1) is 10.2 Å². The largest absolute Gasteiger partial charge is 0.467 e. The molecule has 0 aliphatic heterocycles. The number of anilines is 1. The van der Waals surface area contributed by atoms with Crippen LogP contribution < -0.4 is 5.32 Å². The molecule has 0 bridgehead atoms. The zero-order chi connectivity index (χ0) is 23.4. The fourth-order valence-corrected chi connectivity index (χ4v) is 4.25. The van der Waals surface area contributed by atoms with Gasteiger partial charge in [-0.1, -0.05) is 74.5 Å². The van der Waals surface area contributed by atoms with Crippen molar-refractivity contribution in [3.05, 3.63) is 83.3 Å². The minimum absolute atomic E-state index is 0.0672. The third kappa shape index (κ3) is 5.86. The number of carbonyl (C=O) groups is 1. The van der Waals surface area contributed by atoms with Gasteiger partial charge in [0.2, 0.25) is 5.91 Å². The predicted octanol–water partition coefficient (Wildman–Crippen LogP) is 6.27. The number of aromatic nitrogens is 3. The maximum absolute atomic E-state index is 12.5. The van der Waals surface area contributed by atoms with Crippen LogP contribution in [0.3, 0.4) is 0 Å². The lowest BCUT2D eigenvalue weighted by Crippen LogP contribution is -2.14. The van der Waals surface area contributed by atoms with Crippen LogP contribution in [0.25, 0.3) is 11.4 Å². The Morgan fingerprint density at radius 1 is 1.09 bits per heavy atom. The van der Waals surface area contributed by atoms with Gasteiger partial charge in [0, 0.05) is 16.3 Å². The molecule has 0 aliphatic rings. The van der Waals surface area contributed by atoms with Gasteiger partial charge in [-0.3, -0.25) is 9.36 Å². The molecule has 8 heteroatoms. The van der Waals surface area contributed by atoms with Crippen LogP contribution in [0.15, 0.2) is 76.5 Å². The molecule has 1 N–H and O–H groups in total. The smallest absolute Gasteiger partial charge is 0.234 e. The summed E-state index contributed by atoms with van der Waals surface area (Å²) in [6, 6.07) is 19.2. The first-order valence-electron chi connectivity index (χ1n) is 10.5. The van der Waals surface area contributed by atoms with E-state index in [1.807, 2.05) is 16.7 Å². The quantitative estimate of drug-likeness (QED) is 0.315. The summed E-state index contributed by atoms with van der Waals surface area (Å²) in [6.45, 7) is 7.02. The third-order valence-electron chi connectivity index (χ3n) is 5.06. The predicted molar refractivity (Wildman–Crippen MR) is 133 cm³/mol. The third-order valence-corrected chi connectivity index (χ3v) is 6.26. The number of amides is 1. The average Bonchev–Trinajstić information content (AvgIpc) is 3.42. The molecule has 33 heavy (non-hydrogen) atoms. The van der Waals surface area contributed by atoms with Crippen LogP contribution in [0, 0.1) is 0 Å². The topological polar surface area (TPSA) is 73.0 Å². The van der Waals surface area contributed by atoms with Crippen molar-refractivity contribution in [1.29, 1.82) is 0 Å². The van der Waals surface area contributed by atoms with Crippen molar-refractivity contribution in [2.45, 2.75) is 37.9 Å². The van der Waals surface area contributed by atoms with Crippen LogP contribution >= 0.6 is 23.4 Å². The van der Waals surface area contributed by atoms with Crippen LogP contribution in [0.5, 0.6) is 0 Å². The molecule has 4 rings (SSSR count). The summed E-state index contributed by atoms with van der Waals surface area (Å²) in [5.41, 5.74) is 2.93. The van der Waals surface area contributed by atoms with Crippen LogP contribution in [0.1, 0.15) is 32.1 Å². The normalized spacial score (nSPS) is 11.5. The Bertz CT molecular complexity index is 1230. The van der Waals surface area contributed by atoms with E-state index in [0.29, 0.717) is 22.4 Å². The lowest BCUT2D eigenvalue weighted by molar-refractivity contribution is -0.113. The van der Waals surface area contributed by atoms with Gasteiger partial charge in [0.15, 0.2) is 11.0 Å². The molecule has 2 heterocycles. The number of thioether (sulfide) groups is 1. The molecule has 0 spiro atoms. The van der Waals surface area contributed by atoms with Gasteiger partial charge in [-0.05, 0) is 41.3 Å². The summed E-state index contributed by atoms with van der Waals surface area (Å²) in [5, 5.41) is 12.9. The molecule has 2 aromatic heterocycles. The number of nitrogens with one attached hydrogen (secondary N) is 1. The number of nitrogens with zero attached hydrogens (tertiary/aromatic N) is 3. The average molecular weight is 481 g/mol. The van der Waals surface area contributed by atoms with E-state index in [2.05, 4.69) is 60.6 Å². The van der Waals surface area contributed by atoms with Gasteiger partial charge in [0.1, 0.15) is 5.76 Å². The second-order valence-electron chi connectivity index (χ2n) is 8.65. The van der Waals surface area contributed by atoms with E-state index in [4.69, 9.17) is 16.0 Å². The molecule has 4 aromatic rings. The molecular formula is C25H25ClN4O2S. The zero-order valence-corrected chi connectivity index (χ0v) is 20.3. The minimum Gasteiger partial charge on any atom is -0.467 e. The maximum Gasteiger partial charge on any atom is 0.234 e. The molecule has 0 fully saturated rings. The van der Waals surface area contributed by atoms with Gasteiger partial charge in [0.05, 0.1) is 18.6 Å². The second kappa shape index (κ2) is 9.85. The summed E-state index contributed by atoms with van der Waals surface area (Å²) >= 11 is 7.32. The molecule has 0 saturated heterocycles. The summed E-state index contributed by atoms with van der Waals surface area (Å²) in [5.74, 6) is 1.55. The molecule has 0 radical (unpaired) electrons. The Morgan fingerprint density at radius 2 is 1.88 bits per heavy atom. The number of rotatable bonds is 7. The fraction of sp³-hybridized carbons (Fsp3) is 0.240. The summed E-state index contributed by atoms with van der Waals surface area (Å²) in [7, 11) is 0. The minimum atomic E-state index is -0.147. The van der Waals surface area contributed by atoms with Crippen LogP contribution in [-0.4, -0.2) is 26.4 Å². The number of furan rings is 1. The fourth-order valence-electron chi connectivity index (χ4n) is 3.32. The van der Waals surface area contributed by atoms with Crippen LogP contribution in [0.2, 0.25) is 5.02 Å². The van der Waals surface area contributed by atoms with Crippen molar-refractivity contribution in [3.63, 3.8) is 0 Å². The highest BCUT2D eigenvalue weighted by Crippen LogP contribution is 2.28. The van der Waals surface area contributed by atoms with Crippen molar-refractivity contribution in [2.75, 3.05) is 11.1 Å². The lowest BCUT2D eigenvalue weighted by atomic mass is 9.87. The first kappa shape index (κ1) is 23.1. The van der Waals surface area contributed by atoms with E-state index in [0.717, 1.165) is 17.1 Å². The molecule has 170 valence electrons. The van der Waals surface area contributed by atoms with Gasteiger partial charge in [-0.2, -0.15) is 0 Å². The molecule has 0 atom stereocenters. The first-order chi connectivity index (χ1) is 15.8. The van der Waals surface area contributed by atoms with Crippen molar-refractivity contribution in [2.24, 2.45) is 0 Å². The molecule has 2 aromatic carbocycles. The first-order valence-corrected chi connectivity index (χ1v) is 11.9. The Hall–Kier alpha value is -3.03. The number of carbonyl (C=O) groups excluding carboxylic acids is 1. The van der Waals surface area contributed by atoms with E-state index in [1.54, 1.807) is 30.5 Å². The van der Waals surface area contributed by atoms with Gasteiger partial charge in [0.25, 0.3) is 0 Å². The highest BCUT2D eigenvalue weighted by atomic mass is 35.5. The lowest BCUT2D eigenvalue weighted by Gasteiger charge is -2.19. The van der Waals surface area contributed by atoms with Crippen LogP contribution in [-0.2, 0) is 16.8 Å². The summed E-state index contributed by atoms with van der Waals surface area (Å²) in [6.07, 6.45) is 1.64. The van der Waals surface area contributed by atoms with E-state index in [9.17, 15) is 4.79 Å². The molecule has 1 amide bonds. The number of halogens is 1. The van der Waals surface area contributed by atoms with Gasteiger partial charge < -0.3 is 9.73 Å². The highest BCUT2D eigenvalue weighted by Gasteiger charge is 2.19. The molecule has 0 aliphatic carbocycles. The van der Waals surface area contributed by atoms with Crippen molar-refractivity contribution >= 4 is 35.0 Å². The Morgan fingerprint density at radius 3 is 2.55 bits per heavy atom. The maximum atomic E-state index is 12.5. The van der Waals surface area contributed by atoms with Crippen LogP contribution in [0.4, 0.5) is 5.69 Å². The SMILES string of the molecule is CC(C)(C)c1ccc(-c2nnc(SCC(=O)Nc3cccc(Cl)c3)n2Cc2ccco2)cc1. The standard InChI is InChI=1S/C25H25ClN4O2S/c1-25(2,3)18-11-9-17(10-12-18)23-28-29-24(30(23)15-21-8-5-13-32-21)33-16-22(31)27-20-7-4-6-19(26)14-20/h4-14H,15-16H2,1-3H3,(H,27,31). The Kier molecular flexibility index (Phi) is 6.91. The summed E-state index contributed by atoms with van der Waals surface area (Å²) in [4.78, 5) is 12.5. The molecule has 0 saturated carbocycles. The number of hydrogen-bond donors (Lipinski definition) is 1. The van der Waals surface area contributed by atoms with E-state index >= 15 is 0 Å².